The minimum absolute atomic E-state index is 0.171. The zero-order valence-electron chi connectivity index (χ0n) is 12.2. The summed E-state index contributed by atoms with van der Waals surface area (Å²) in [4.78, 5) is 18.9. The van der Waals surface area contributed by atoms with E-state index in [-0.39, 0.29) is 12.0 Å². The van der Waals surface area contributed by atoms with E-state index < -0.39 is 0 Å². The van der Waals surface area contributed by atoms with Crippen LogP contribution in [0.25, 0.3) is 0 Å². The zero-order chi connectivity index (χ0) is 13.8. The third-order valence-electron chi connectivity index (χ3n) is 4.20. The van der Waals surface area contributed by atoms with Crippen LogP contribution in [-0.2, 0) is 4.79 Å². The first kappa shape index (κ1) is 14.0. The number of rotatable bonds is 4. The molecule has 1 aromatic rings. The Kier molecular flexibility index (Phi) is 4.56. The number of likely N-dealkylation sites (tertiary alicyclic amines) is 1. The molecule has 3 nitrogen and oxygen atoms in total. The molecule has 0 unspecified atom stereocenters. The lowest BCUT2D eigenvalue weighted by atomic mass is 9.99. The first-order valence-corrected chi connectivity index (χ1v) is 7.37. The van der Waals surface area contributed by atoms with Crippen LogP contribution in [0.4, 0.5) is 0 Å². The van der Waals surface area contributed by atoms with Gasteiger partial charge in [-0.25, -0.2) is 0 Å². The molecule has 3 heteroatoms. The Labute approximate surface area is 116 Å². The van der Waals surface area contributed by atoms with E-state index in [1.165, 1.54) is 5.56 Å². The maximum absolute atomic E-state index is 12.6. The van der Waals surface area contributed by atoms with E-state index in [0.717, 1.165) is 25.8 Å². The summed E-state index contributed by atoms with van der Waals surface area (Å²) >= 11 is 0. The predicted molar refractivity (Wildman–Crippen MR) is 76.5 cm³/mol. The molecule has 0 N–H and O–H groups in total. The van der Waals surface area contributed by atoms with Crippen molar-refractivity contribution < 1.29 is 4.79 Å². The molecule has 1 aliphatic heterocycles. The molecule has 1 amide bonds. The molecule has 0 aromatic carbocycles. The van der Waals surface area contributed by atoms with Crippen LogP contribution in [0.3, 0.4) is 0 Å². The fraction of sp³-hybridized carbons (Fsp3) is 0.625. The van der Waals surface area contributed by atoms with Gasteiger partial charge in [0.15, 0.2) is 0 Å². The highest BCUT2D eigenvalue weighted by Gasteiger charge is 2.36. The Bertz CT molecular complexity index is 414. The Hall–Kier alpha value is -1.38. The average molecular weight is 260 g/mol. The van der Waals surface area contributed by atoms with Crippen LogP contribution in [0.1, 0.15) is 51.6 Å². The van der Waals surface area contributed by atoms with E-state index in [0.29, 0.717) is 11.8 Å². The molecule has 0 spiro atoms. The van der Waals surface area contributed by atoms with Crippen molar-refractivity contribution in [2.24, 2.45) is 11.8 Å². The van der Waals surface area contributed by atoms with Crippen LogP contribution in [0.5, 0.6) is 0 Å². The monoisotopic (exact) mass is 260 g/mol. The van der Waals surface area contributed by atoms with Crippen molar-refractivity contribution in [1.82, 2.24) is 9.88 Å². The maximum atomic E-state index is 12.6. The van der Waals surface area contributed by atoms with Gasteiger partial charge in [-0.2, -0.15) is 0 Å². The van der Waals surface area contributed by atoms with Gasteiger partial charge in [0.1, 0.15) is 0 Å². The van der Waals surface area contributed by atoms with Crippen molar-refractivity contribution in [1.29, 1.82) is 0 Å². The number of pyridine rings is 1. The molecule has 1 aromatic heterocycles. The van der Waals surface area contributed by atoms with Gasteiger partial charge in [-0.15, -0.1) is 0 Å². The molecule has 1 aliphatic rings. The van der Waals surface area contributed by atoms with Gasteiger partial charge >= 0.3 is 0 Å². The number of nitrogens with zero attached hydrogens (tertiary/aromatic N) is 2. The van der Waals surface area contributed by atoms with Crippen molar-refractivity contribution >= 4 is 5.91 Å². The third kappa shape index (κ3) is 2.96. The summed E-state index contributed by atoms with van der Waals surface area (Å²) in [7, 11) is 0. The lowest BCUT2D eigenvalue weighted by Gasteiger charge is -2.28. The highest BCUT2D eigenvalue weighted by Crippen LogP contribution is 2.36. The van der Waals surface area contributed by atoms with Gasteiger partial charge in [0.05, 0.1) is 6.04 Å². The second-order valence-electron chi connectivity index (χ2n) is 5.65. The molecule has 0 radical (unpaired) electrons. The fourth-order valence-electron chi connectivity index (χ4n) is 3.05. The topological polar surface area (TPSA) is 33.2 Å². The molecule has 2 heterocycles. The molecule has 1 fully saturated rings. The molecule has 2 atom stereocenters. The minimum atomic E-state index is 0.171. The van der Waals surface area contributed by atoms with Crippen LogP contribution in [0.2, 0.25) is 0 Å². The van der Waals surface area contributed by atoms with Gasteiger partial charge < -0.3 is 4.90 Å². The zero-order valence-corrected chi connectivity index (χ0v) is 12.2. The fourth-order valence-corrected chi connectivity index (χ4v) is 3.05. The predicted octanol–water partition coefficient (Wildman–Crippen LogP) is 3.43. The van der Waals surface area contributed by atoms with Crippen molar-refractivity contribution in [3.05, 3.63) is 30.1 Å². The molecule has 0 bridgehead atoms. The number of aromatic nitrogens is 1. The average Bonchev–Trinajstić information content (AvgIpc) is 2.83. The number of hydrogen-bond acceptors (Lipinski definition) is 2. The molecular weight excluding hydrogens is 236 g/mol. The quantitative estimate of drug-likeness (QED) is 0.831. The molecule has 104 valence electrons. The number of carbonyl (C=O) groups excluding carboxylic acids is 1. The molecule has 2 rings (SSSR count). The third-order valence-corrected chi connectivity index (χ3v) is 4.20. The van der Waals surface area contributed by atoms with E-state index in [2.05, 4.69) is 36.7 Å². The normalized spacial score (nSPS) is 23.1. The van der Waals surface area contributed by atoms with Crippen molar-refractivity contribution in [2.45, 2.75) is 46.1 Å². The molecular formula is C16H24N2O. The summed E-state index contributed by atoms with van der Waals surface area (Å²) in [6.07, 6.45) is 6.60. The smallest absolute Gasteiger partial charge is 0.226 e. The summed E-state index contributed by atoms with van der Waals surface area (Å²) in [5, 5.41) is 0. The standard InChI is InChI=1S/C16H24N2O/c1-4-13(5-2)16(19)18-11-12(3)9-15(18)14-7-6-8-17-10-14/h6-8,10,12-13,15H,4-5,9,11H2,1-3H3/t12-,15-/m1/s1. The van der Waals surface area contributed by atoms with Crippen LogP contribution in [0, 0.1) is 11.8 Å². The first-order valence-electron chi connectivity index (χ1n) is 7.37. The summed E-state index contributed by atoms with van der Waals surface area (Å²) in [5.74, 6) is 1.07. The molecule has 0 aliphatic carbocycles. The highest BCUT2D eigenvalue weighted by molar-refractivity contribution is 5.79. The second-order valence-corrected chi connectivity index (χ2v) is 5.65. The van der Waals surface area contributed by atoms with Crippen LogP contribution < -0.4 is 0 Å². The molecule has 1 saturated heterocycles. The summed E-state index contributed by atoms with van der Waals surface area (Å²) in [5.41, 5.74) is 1.17. The SMILES string of the molecule is CCC(CC)C(=O)N1C[C@H](C)C[C@@H]1c1cccnc1. The lowest BCUT2D eigenvalue weighted by molar-refractivity contribution is -0.136. The molecule has 0 saturated carbocycles. The first-order chi connectivity index (χ1) is 9.17. The lowest BCUT2D eigenvalue weighted by Crippen LogP contribution is -2.35. The van der Waals surface area contributed by atoms with Crippen LogP contribution >= 0.6 is 0 Å². The van der Waals surface area contributed by atoms with Gasteiger partial charge in [-0.05, 0) is 36.8 Å². The van der Waals surface area contributed by atoms with Gasteiger partial charge in [-0.3, -0.25) is 9.78 Å². The van der Waals surface area contributed by atoms with Crippen LogP contribution in [-0.4, -0.2) is 22.3 Å². The van der Waals surface area contributed by atoms with Gasteiger partial charge in [0.25, 0.3) is 0 Å². The number of hydrogen-bond donors (Lipinski definition) is 0. The Morgan fingerprint density at radius 2 is 2.21 bits per heavy atom. The Balaban J connectivity index is 2.20. The summed E-state index contributed by atoms with van der Waals surface area (Å²) in [6.45, 7) is 7.31. The van der Waals surface area contributed by atoms with Crippen molar-refractivity contribution in [3.8, 4) is 0 Å². The van der Waals surface area contributed by atoms with Gasteiger partial charge in [-0.1, -0.05) is 26.8 Å². The number of amides is 1. The number of carbonyl (C=O) groups is 1. The van der Waals surface area contributed by atoms with E-state index in [1.54, 1.807) is 6.20 Å². The summed E-state index contributed by atoms with van der Waals surface area (Å²) in [6, 6.07) is 4.26. The van der Waals surface area contributed by atoms with E-state index in [4.69, 9.17) is 0 Å². The Morgan fingerprint density at radius 1 is 1.47 bits per heavy atom. The second kappa shape index (κ2) is 6.18. The van der Waals surface area contributed by atoms with Crippen LogP contribution in [0.15, 0.2) is 24.5 Å². The largest absolute Gasteiger partial charge is 0.335 e. The van der Waals surface area contributed by atoms with Crippen molar-refractivity contribution in [3.63, 3.8) is 0 Å². The van der Waals surface area contributed by atoms with Crippen molar-refractivity contribution in [2.75, 3.05) is 6.54 Å². The van der Waals surface area contributed by atoms with E-state index in [9.17, 15) is 4.79 Å². The van der Waals surface area contributed by atoms with E-state index >= 15 is 0 Å². The minimum Gasteiger partial charge on any atom is -0.335 e. The van der Waals surface area contributed by atoms with Gasteiger partial charge in [0, 0.05) is 24.9 Å². The molecule has 19 heavy (non-hydrogen) atoms. The summed E-state index contributed by atoms with van der Waals surface area (Å²) < 4.78 is 0. The Morgan fingerprint density at radius 3 is 2.79 bits per heavy atom. The van der Waals surface area contributed by atoms with E-state index in [1.807, 2.05) is 12.3 Å². The maximum Gasteiger partial charge on any atom is 0.226 e. The van der Waals surface area contributed by atoms with Gasteiger partial charge in [0.2, 0.25) is 5.91 Å². The highest BCUT2D eigenvalue weighted by atomic mass is 16.2.